The molecule has 124 valence electrons. The molecule has 2 bridgehead atoms. The molecule has 6 rings (SSSR count). The Kier molecular flexibility index (Phi) is 3.14. The van der Waals surface area contributed by atoms with Gasteiger partial charge in [0.25, 0.3) is 0 Å². The number of ether oxygens (including phenoxy) is 1. The van der Waals surface area contributed by atoms with E-state index in [1.54, 1.807) is 17.3 Å². The highest BCUT2D eigenvalue weighted by Crippen LogP contribution is 2.44. The van der Waals surface area contributed by atoms with E-state index in [0.29, 0.717) is 12.5 Å². The number of aromatic nitrogens is 2. The molecule has 24 heavy (non-hydrogen) atoms. The summed E-state index contributed by atoms with van der Waals surface area (Å²) < 4.78 is 5.91. The molecule has 0 N–H and O–H groups in total. The Morgan fingerprint density at radius 3 is 2.79 bits per heavy atom. The third-order valence-electron chi connectivity index (χ3n) is 5.40. The van der Waals surface area contributed by atoms with Crippen molar-refractivity contribution in [3.05, 3.63) is 30.6 Å². The fourth-order valence-corrected chi connectivity index (χ4v) is 5.06. The van der Waals surface area contributed by atoms with Crippen LogP contribution in [0.2, 0.25) is 0 Å². The third kappa shape index (κ3) is 2.15. The van der Waals surface area contributed by atoms with Gasteiger partial charge in [-0.25, -0.2) is 9.78 Å². The second-order valence-corrected chi connectivity index (χ2v) is 7.80. The number of rotatable bonds is 2. The Hall–Kier alpha value is -1.99. The first-order chi connectivity index (χ1) is 11.7. The quantitative estimate of drug-likeness (QED) is 0.840. The first kappa shape index (κ1) is 14.4. The van der Waals surface area contributed by atoms with Gasteiger partial charge in [0.15, 0.2) is 0 Å². The number of carbonyl (C=O) groups excluding carboxylic acids is 1. The maximum absolute atomic E-state index is 12.5. The molecule has 4 aliphatic heterocycles. The Morgan fingerprint density at radius 2 is 2.08 bits per heavy atom. The van der Waals surface area contributed by atoms with E-state index in [1.165, 1.54) is 11.3 Å². The first-order valence-corrected chi connectivity index (χ1v) is 9.15. The molecule has 1 atom stereocenters. The molecular weight excluding hydrogens is 324 g/mol. The van der Waals surface area contributed by atoms with Crippen molar-refractivity contribution < 1.29 is 9.53 Å². The van der Waals surface area contributed by atoms with Gasteiger partial charge in [-0.05, 0) is 38.1 Å². The third-order valence-corrected chi connectivity index (χ3v) is 6.45. The van der Waals surface area contributed by atoms with E-state index >= 15 is 0 Å². The molecule has 1 amide bonds. The highest BCUT2D eigenvalue weighted by molar-refractivity contribution is 7.19. The molecule has 0 aromatic carbocycles. The smallest absolute Gasteiger partial charge is 0.415 e. The zero-order valence-corrected chi connectivity index (χ0v) is 14.0. The number of hydrogen-bond acceptors (Lipinski definition) is 6. The number of fused-ring (bicyclic) bond motifs is 2. The summed E-state index contributed by atoms with van der Waals surface area (Å²) in [6, 6.07) is 5.75. The monoisotopic (exact) mass is 342 g/mol. The van der Waals surface area contributed by atoms with Crippen molar-refractivity contribution in [1.29, 1.82) is 0 Å². The summed E-state index contributed by atoms with van der Waals surface area (Å²) in [5.74, 6) is 0.486. The van der Waals surface area contributed by atoms with Crippen molar-refractivity contribution in [2.45, 2.75) is 18.4 Å². The van der Waals surface area contributed by atoms with Crippen LogP contribution >= 0.6 is 11.3 Å². The van der Waals surface area contributed by atoms with Gasteiger partial charge in [-0.2, -0.15) is 0 Å². The highest BCUT2D eigenvalue weighted by atomic mass is 32.1. The summed E-state index contributed by atoms with van der Waals surface area (Å²) in [7, 11) is 0. The second-order valence-electron chi connectivity index (χ2n) is 6.79. The summed E-state index contributed by atoms with van der Waals surface area (Å²) >= 11 is 1.49. The van der Waals surface area contributed by atoms with Gasteiger partial charge < -0.3 is 4.74 Å². The minimum absolute atomic E-state index is 0.236. The van der Waals surface area contributed by atoms with Crippen molar-refractivity contribution in [3.8, 4) is 10.7 Å². The minimum atomic E-state index is -0.331. The predicted molar refractivity (Wildman–Crippen MR) is 91.1 cm³/mol. The van der Waals surface area contributed by atoms with Gasteiger partial charge in [-0.3, -0.25) is 14.8 Å². The molecule has 1 spiro atoms. The average molecular weight is 342 g/mol. The summed E-state index contributed by atoms with van der Waals surface area (Å²) in [6.45, 7) is 3.77. The lowest BCUT2D eigenvalue weighted by molar-refractivity contribution is -0.0881. The predicted octanol–water partition coefficient (Wildman–Crippen LogP) is 2.63. The lowest BCUT2D eigenvalue weighted by Gasteiger charge is -2.49. The van der Waals surface area contributed by atoms with Crippen LogP contribution in [0.4, 0.5) is 9.80 Å². The molecule has 0 aliphatic carbocycles. The van der Waals surface area contributed by atoms with E-state index in [1.807, 2.05) is 18.2 Å². The van der Waals surface area contributed by atoms with E-state index in [0.717, 1.165) is 48.2 Å². The van der Waals surface area contributed by atoms with Crippen LogP contribution < -0.4 is 4.90 Å². The maximum atomic E-state index is 12.5. The lowest BCUT2D eigenvalue weighted by atomic mass is 9.75. The number of anilines is 1. The fraction of sp³-hybridized carbons (Fsp3) is 0.471. The fourth-order valence-electron chi connectivity index (χ4n) is 4.18. The van der Waals surface area contributed by atoms with Crippen LogP contribution in [0, 0.1) is 5.92 Å². The number of nitrogens with zero attached hydrogens (tertiary/aromatic N) is 4. The zero-order valence-electron chi connectivity index (χ0n) is 13.2. The van der Waals surface area contributed by atoms with Crippen LogP contribution in [0.5, 0.6) is 0 Å². The Morgan fingerprint density at radius 1 is 1.21 bits per heavy atom. The summed E-state index contributed by atoms with van der Waals surface area (Å²) in [5.41, 5.74) is 0.502. The van der Waals surface area contributed by atoms with Crippen LogP contribution in [-0.4, -0.2) is 52.7 Å². The van der Waals surface area contributed by atoms with Crippen LogP contribution in [0.3, 0.4) is 0 Å². The molecule has 2 aromatic rings. The molecule has 0 saturated carbocycles. The van der Waals surface area contributed by atoms with Crippen molar-refractivity contribution in [2.75, 3.05) is 31.1 Å². The van der Waals surface area contributed by atoms with Gasteiger partial charge in [0.1, 0.15) is 15.6 Å². The molecule has 0 radical (unpaired) electrons. The molecule has 0 unspecified atom stereocenters. The van der Waals surface area contributed by atoms with Crippen LogP contribution in [0.25, 0.3) is 10.7 Å². The van der Waals surface area contributed by atoms with Gasteiger partial charge >= 0.3 is 6.09 Å². The van der Waals surface area contributed by atoms with E-state index in [9.17, 15) is 4.79 Å². The van der Waals surface area contributed by atoms with Crippen molar-refractivity contribution in [3.63, 3.8) is 0 Å². The van der Waals surface area contributed by atoms with Crippen molar-refractivity contribution >= 4 is 22.4 Å². The topological polar surface area (TPSA) is 58.6 Å². The SMILES string of the molecule is O=C1O[C@]2(CN3CCC2CC3)CN1c1cnc(-c2ccccn2)s1. The highest BCUT2D eigenvalue weighted by Gasteiger charge is 2.55. The Bertz CT molecular complexity index is 772. The number of pyridine rings is 1. The molecular formula is C17H18N4O2S. The van der Waals surface area contributed by atoms with E-state index in [4.69, 9.17) is 4.74 Å². The van der Waals surface area contributed by atoms with E-state index in [2.05, 4.69) is 14.9 Å². The molecule has 4 aliphatic rings. The van der Waals surface area contributed by atoms with Crippen LogP contribution in [0.1, 0.15) is 12.8 Å². The van der Waals surface area contributed by atoms with Gasteiger partial charge in [0.05, 0.1) is 18.4 Å². The molecule has 6 nitrogen and oxygen atoms in total. The molecule has 6 heterocycles. The average Bonchev–Trinajstić information content (AvgIpc) is 3.22. The number of thiazole rings is 1. The number of piperidine rings is 3. The standard InChI is InChI=1S/C17H18N4O2S/c22-16-21(11-17(23-16)10-20-7-4-12(17)5-8-20)14-9-19-15(24-14)13-3-1-2-6-18-13/h1-3,6,9,12H,4-5,7-8,10-11H2/t17-/m1/s1. The van der Waals surface area contributed by atoms with Crippen LogP contribution in [-0.2, 0) is 4.74 Å². The minimum Gasteiger partial charge on any atom is -0.439 e. The molecule has 4 saturated heterocycles. The molecule has 4 fully saturated rings. The van der Waals surface area contributed by atoms with Crippen LogP contribution in [0.15, 0.2) is 30.6 Å². The van der Waals surface area contributed by atoms with Gasteiger partial charge in [0.2, 0.25) is 0 Å². The van der Waals surface area contributed by atoms with Gasteiger partial charge in [-0.1, -0.05) is 17.4 Å². The summed E-state index contributed by atoms with van der Waals surface area (Å²) in [6.07, 6.45) is 5.53. The lowest BCUT2D eigenvalue weighted by Crippen LogP contribution is -2.61. The second kappa shape index (κ2) is 5.26. The first-order valence-electron chi connectivity index (χ1n) is 8.34. The Labute approximate surface area is 144 Å². The number of carbonyl (C=O) groups is 1. The number of hydrogen-bond donors (Lipinski definition) is 0. The van der Waals surface area contributed by atoms with Gasteiger partial charge in [-0.15, -0.1) is 0 Å². The normalized spacial score (nSPS) is 31.7. The largest absolute Gasteiger partial charge is 0.439 e. The van der Waals surface area contributed by atoms with Crippen molar-refractivity contribution in [1.82, 2.24) is 14.9 Å². The molecule has 2 aromatic heterocycles. The Balaban J connectivity index is 1.42. The molecule has 7 heteroatoms. The van der Waals surface area contributed by atoms with Gasteiger partial charge in [0, 0.05) is 18.7 Å². The maximum Gasteiger partial charge on any atom is 0.415 e. The zero-order chi connectivity index (χ0) is 16.1. The summed E-state index contributed by atoms with van der Waals surface area (Å²) in [5, 5.41) is 1.67. The van der Waals surface area contributed by atoms with E-state index in [-0.39, 0.29) is 11.7 Å². The number of amides is 1. The van der Waals surface area contributed by atoms with Crippen molar-refractivity contribution in [2.24, 2.45) is 5.92 Å². The van der Waals surface area contributed by atoms with E-state index < -0.39 is 0 Å². The summed E-state index contributed by atoms with van der Waals surface area (Å²) in [4.78, 5) is 25.5.